The van der Waals surface area contributed by atoms with E-state index in [2.05, 4.69) is 10.1 Å². The standard InChI is InChI=1S/C26H26F5N3O6/c1-38-10-9-33-8-7-20(24(33)36)34-13-17(21-18(27)11-16(39-2)12-19(21)28)22(25(34)37)32-23(35)14-3-5-15(6-4-14)40-26(29,30)31/h3-6,11-12,17,20,22H,7-10,13H2,1-2H3,(H,32,35)/t17-,20?,22-/m0/s1. The first-order valence-corrected chi connectivity index (χ1v) is 12.2. The second-order valence-electron chi connectivity index (χ2n) is 9.25. The summed E-state index contributed by atoms with van der Waals surface area (Å²) in [6.45, 7) is 0.656. The van der Waals surface area contributed by atoms with Gasteiger partial charge in [-0.15, -0.1) is 13.2 Å². The van der Waals surface area contributed by atoms with Gasteiger partial charge in [-0.25, -0.2) is 8.78 Å². The molecular weight excluding hydrogens is 545 g/mol. The maximum atomic E-state index is 15.1. The fraction of sp³-hybridized carbons (Fsp3) is 0.423. The van der Waals surface area contributed by atoms with E-state index in [-0.39, 0.29) is 36.8 Å². The fourth-order valence-corrected chi connectivity index (χ4v) is 4.96. The predicted molar refractivity (Wildman–Crippen MR) is 129 cm³/mol. The minimum Gasteiger partial charge on any atom is -0.497 e. The number of nitrogens with one attached hydrogen (secondary N) is 1. The Morgan fingerprint density at radius 2 is 1.68 bits per heavy atom. The number of benzene rings is 2. The van der Waals surface area contributed by atoms with Crippen molar-refractivity contribution in [2.75, 3.05) is 40.5 Å². The average molecular weight is 571 g/mol. The van der Waals surface area contributed by atoms with Crippen LogP contribution >= 0.6 is 0 Å². The molecule has 0 spiro atoms. The summed E-state index contributed by atoms with van der Waals surface area (Å²) in [6.07, 6.45) is -4.66. The molecule has 0 aromatic heterocycles. The Morgan fingerprint density at radius 1 is 1.02 bits per heavy atom. The van der Waals surface area contributed by atoms with Gasteiger partial charge in [0.2, 0.25) is 11.8 Å². The number of amides is 3. The van der Waals surface area contributed by atoms with Gasteiger partial charge in [-0.2, -0.15) is 0 Å². The van der Waals surface area contributed by atoms with Crippen LogP contribution in [0.3, 0.4) is 0 Å². The van der Waals surface area contributed by atoms with E-state index in [1.54, 1.807) is 0 Å². The van der Waals surface area contributed by atoms with E-state index in [1.807, 2.05) is 0 Å². The van der Waals surface area contributed by atoms with Crippen molar-refractivity contribution in [1.82, 2.24) is 15.1 Å². The van der Waals surface area contributed by atoms with E-state index in [4.69, 9.17) is 9.47 Å². The molecule has 14 heteroatoms. The Kier molecular flexibility index (Phi) is 8.47. The van der Waals surface area contributed by atoms with Crippen LogP contribution in [0.5, 0.6) is 11.5 Å². The number of methoxy groups -OCH3 is 2. The van der Waals surface area contributed by atoms with Crippen LogP contribution in [0.4, 0.5) is 22.0 Å². The van der Waals surface area contributed by atoms with E-state index in [9.17, 15) is 27.6 Å². The maximum absolute atomic E-state index is 15.1. The summed E-state index contributed by atoms with van der Waals surface area (Å²) in [5.74, 6) is -5.86. The van der Waals surface area contributed by atoms with Gasteiger partial charge in [0.05, 0.1) is 13.7 Å². The van der Waals surface area contributed by atoms with Crippen LogP contribution in [0.15, 0.2) is 36.4 Å². The molecular formula is C26H26F5N3O6. The molecule has 0 saturated carbocycles. The highest BCUT2D eigenvalue weighted by Gasteiger charge is 2.50. The molecule has 2 saturated heterocycles. The molecule has 2 aromatic rings. The van der Waals surface area contributed by atoms with Gasteiger partial charge in [0.25, 0.3) is 5.91 Å². The van der Waals surface area contributed by atoms with Gasteiger partial charge in [-0.3, -0.25) is 14.4 Å². The molecule has 2 fully saturated rings. The van der Waals surface area contributed by atoms with Crippen LogP contribution in [0, 0.1) is 11.6 Å². The number of halogens is 5. The molecule has 2 aliphatic rings. The van der Waals surface area contributed by atoms with Crippen LogP contribution < -0.4 is 14.8 Å². The summed E-state index contributed by atoms with van der Waals surface area (Å²) in [6, 6.07) is 3.42. The number of hydrogen-bond donors (Lipinski definition) is 1. The third-order valence-electron chi connectivity index (χ3n) is 6.85. The van der Waals surface area contributed by atoms with Crippen LogP contribution in [0.1, 0.15) is 28.3 Å². The Hall–Kier alpha value is -3.94. The van der Waals surface area contributed by atoms with Gasteiger partial charge >= 0.3 is 6.36 Å². The highest BCUT2D eigenvalue weighted by molar-refractivity contribution is 6.00. The number of hydrogen-bond acceptors (Lipinski definition) is 6. The molecule has 1 N–H and O–H groups in total. The van der Waals surface area contributed by atoms with E-state index >= 15 is 8.78 Å². The minimum atomic E-state index is -4.93. The lowest BCUT2D eigenvalue weighted by Gasteiger charge is -2.24. The van der Waals surface area contributed by atoms with Crippen molar-refractivity contribution >= 4 is 17.7 Å². The molecule has 216 valence electrons. The summed E-state index contributed by atoms with van der Waals surface area (Å²) >= 11 is 0. The predicted octanol–water partition coefficient (Wildman–Crippen LogP) is 2.84. The van der Waals surface area contributed by atoms with Crippen molar-refractivity contribution in [3.05, 3.63) is 59.2 Å². The zero-order valence-electron chi connectivity index (χ0n) is 21.5. The zero-order valence-corrected chi connectivity index (χ0v) is 21.5. The van der Waals surface area contributed by atoms with Crippen molar-refractivity contribution in [1.29, 1.82) is 0 Å². The molecule has 1 unspecified atom stereocenters. The second kappa shape index (κ2) is 11.7. The second-order valence-corrected chi connectivity index (χ2v) is 9.25. The molecule has 2 aliphatic heterocycles. The molecule has 2 heterocycles. The Bertz CT molecular complexity index is 1250. The molecule has 40 heavy (non-hydrogen) atoms. The molecule has 0 bridgehead atoms. The van der Waals surface area contributed by atoms with Crippen molar-refractivity contribution in [3.63, 3.8) is 0 Å². The van der Waals surface area contributed by atoms with Crippen molar-refractivity contribution in [3.8, 4) is 11.5 Å². The van der Waals surface area contributed by atoms with E-state index in [0.717, 1.165) is 36.4 Å². The quantitative estimate of drug-likeness (QED) is 0.465. The van der Waals surface area contributed by atoms with Crippen molar-refractivity contribution < 1.29 is 50.5 Å². The number of rotatable bonds is 9. The topological polar surface area (TPSA) is 97.4 Å². The van der Waals surface area contributed by atoms with Crippen LogP contribution in [0.25, 0.3) is 0 Å². The van der Waals surface area contributed by atoms with E-state index < -0.39 is 59.1 Å². The third kappa shape index (κ3) is 6.11. The lowest BCUT2D eigenvalue weighted by atomic mass is 9.92. The monoisotopic (exact) mass is 571 g/mol. The fourth-order valence-electron chi connectivity index (χ4n) is 4.96. The summed E-state index contributed by atoms with van der Waals surface area (Å²) < 4.78 is 81.3. The van der Waals surface area contributed by atoms with Gasteiger partial charge in [0.15, 0.2) is 0 Å². The highest BCUT2D eigenvalue weighted by atomic mass is 19.4. The Balaban J connectivity index is 1.62. The summed E-state index contributed by atoms with van der Waals surface area (Å²) in [5, 5.41) is 2.46. The average Bonchev–Trinajstić information content (AvgIpc) is 3.40. The van der Waals surface area contributed by atoms with Gasteiger partial charge in [0, 0.05) is 55.9 Å². The number of nitrogens with zero attached hydrogens (tertiary/aromatic N) is 2. The number of likely N-dealkylation sites (tertiary alicyclic amines) is 2. The largest absolute Gasteiger partial charge is 0.573 e. The molecule has 0 radical (unpaired) electrons. The first-order valence-electron chi connectivity index (χ1n) is 12.2. The maximum Gasteiger partial charge on any atom is 0.573 e. The first-order chi connectivity index (χ1) is 18.9. The lowest BCUT2D eigenvalue weighted by molar-refractivity contribution is -0.274. The molecule has 2 aromatic carbocycles. The van der Waals surface area contributed by atoms with Gasteiger partial charge < -0.3 is 29.3 Å². The van der Waals surface area contributed by atoms with Crippen molar-refractivity contribution in [2.45, 2.75) is 30.8 Å². The normalized spacial score (nSPS) is 21.2. The highest BCUT2D eigenvalue weighted by Crippen LogP contribution is 2.37. The Morgan fingerprint density at radius 3 is 2.25 bits per heavy atom. The number of ether oxygens (including phenoxy) is 3. The van der Waals surface area contributed by atoms with Gasteiger partial charge in [0.1, 0.15) is 35.2 Å². The zero-order chi connectivity index (χ0) is 29.2. The van der Waals surface area contributed by atoms with Crippen LogP contribution in [0.2, 0.25) is 0 Å². The molecule has 9 nitrogen and oxygen atoms in total. The first kappa shape index (κ1) is 29.1. The molecule has 3 amide bonds. The SMILES string of the molecule is COCCN1CCC(N2C[C@@H](c3c(F)cc(OC)cc3F)[C@H](NC(=O)c3ccc(OC(F)(F)F)cc3)C2=O)C1=O. The number of carbonyl (C=O) groups is 3. The van der Waals surface area contributed by atoms with Gasteiger partial charge in [-0.05, 0) is 30.7 Å². The number of alkyl halides is 3. The molecule has 0 aliphatic carbocycles. The lowest BCUT2D eigenvalue weighted by Crippen LogP contribution is -2.48. The third-order valence-corrected chi connectivity index (χ3v) is 6.85. The smallest absolute Gasteiger partial charge is 0.497 e. The Labute approximate surface area is 225 Å². The van der Waals surface area contributed by atoms with Crippen LogP contribution in [-0.2, 0) is 14.3 Å². The van der Waals surface area contributed by atoms with Gasteiger partial charge in [-0.1, -0.05) is 0 Å². The molecule has 3 atom stereocenters. The van der Waals surface area contributed by atoms with E-state index in [0.29, 0.717) is 13.1 Å². The summed E-state index contributed by atoms with van der Waals surface area (Å²) in [5.41, 5.74) is -0.601. The minimum absolute atomic E-state index is 0.0959. The van der Waals surface area contributed by atoms with E-state index in [1.165, 1.54) is 24.0 Å². The summed E-state index contributed by atoms with van der Waals surface area (Å²) in [7, 11) is 2.71. The molecule has 4 rings (SSSR count). The summed E-state index contributed by atoms with van der Waals surface area (Å²) in [4.78, 5) is 42.3. The number of carbonyl (C=O) groups excluding carboxylic acids is 3. The van der Waals surface area contributed by atoms with Crippen LogP contribution in [-0.4, -0.2) is 86.4 Å². The van der Waals surface area contributed by atoms with Crippen molar-refractivity contribution in [2.24, 2.45) is 0 Å².